The lowest BCUT2D eigenvalue weighted by molar-refractivity contribution is 0.476. The SMILES string of the molecule is CCC1(C=CC=Cc2ccccc2)C=CC=CC1. The molecular formula is C18H20. The van der Waals surface area contributed by atoms with Crippen LogP contribution in [0.3, 0.4) is 0 Å². The highest BCUT2D eigenvalue weighted by Crippen LogP contribution is 2.33. The molecule has 0 heterocycles. The molecular weight excluding hydrogens is 216 g/mol. The van der Waals surface area contributed by atoms with E-state index in [0.717, 1.165) is 12.8 Å². The minimum absolute atomic E-state index is 0.218. The van der Waals surface area contributed by atoms with Gasteiger partial charge < -0.3 is 0 Å². The van der Waals surface area contributed by atoms with Crippen LogP contribution in [0, 0.1) is 5.41 Å². The van der Waals surface area contributed by atoms with Crippen LogP contribution in [-0.2, 0) is 0 Å². The fraction of sp³-hybridized carbons (Fsp3) is 0.222. The number of rotatable bonds is 4. The standard InChI is InChI=1S/C18H20/c1-2-18(14-8-4-9-15-18)16-10-7-13-17-11-5-3-6-12-17/h3-14,16H,2,15H2,1H3. The Bertz CT molecular complexity index is 474. The van der Waals surface area contributed by atoms with Crippen molar-refractivity contribution >= 4 is 6.08 Å². The molecule has 0 nitrogen and oxygen atoms in total. The third-order valence-electron chi connectivity index (χ3n) is 3.46. The van der Waals surface area contributed by atoms with Crippen LogP contribution in [0.5, 0.6) is 0 Å². The highest BCUT2D eigenvalue weighted by molar-refractivity contribution is 5.50. The number of allylic oxidation sites excluding steroid dienone is 7. The largest absolute Gasteiger partial charge is 0.0834 e. The smallest absolute Gasteiger partial charge is 0.00990 e. The van der Waals surface area contributed by atoms with Gasteiger partial charge in [0.2, 0.25) is 0 Å². The van der Waals surface area contributed by atoms with Crippen LogP contribution in [-0.4, -0.2) is 0 Å². The molecule has 1 aromatic carbocycles. The summed E-state index contributed by atoms with van der Waals surface area (Å²) in [4.78, 5) is 0. The molecule has 0 aliphatic heterocycles. The average Bonchev–Trinajstić information content (AvgIpc) is 2.46. The third-order valence-corrected chi connectivity index (χ3v) is 3.46. The molecule has 0 bridgehead atoms. The maximum atomic E-state index is 2.31. The third kappa shape index (κ3) is 3.33. The van der Waals surface area contributed by atoms with E-state index >= 15 is 0 Å². The molecule has 1 unspecified atom stereocenters. The summed E-state index contributed by atoms with van der Waals surface area (Å²) in [6, 6.07) is 10.4. The molecule has 1 atom stereocenters. The predicted octanol–water partition coefficient (Wildman–Crippen LogP) is 5.17. The number of hydrogen-bond acceptors (Lipinski definition) is 0. The zero-order valence-corrected chi connectivity index (χ0v) is 10.9. The first kappa shape index (κ1) is 12.6. The molecule has 1 aliphatic carbocycles. The Morgan fingerprint density at radius 3 is 2.61 bits per heavy atom. The van der Waals surface area contributed by atoms with Crippen molar-refractivity contribution < 1.29 is 0 Å². The van der Waals surface area contributed by atoms with Gasteiger partial charge in [0.15, 0.2) is 0 Å². The summed E-state index contributed by atoms with van der Waals surface area (Å²) in [5.41, 5.74) is 1.46. The van der Waals surface area contributed by atoms with Gasteiger partial charge in [-0.1, -0.05) is 85.9 Å². The van der Waals surface area contributed by atoms with E-state index in [0.29, 0.717) is 0 Å². The molecule has 2 rings (SSSR count). The Labute approximate surface area is 110 Å². The number of benzene rings is 1. The van der Waals surface area contributed by atoms with Crippen molar-refractivity contribution in [2.45, 2.75) is 19.8 Å². The summed E-state index contributed by atoms with van der Waals surface area (Å²) in [5, 5.41) is 0. The van der Waals surface area contributed by atoms with Crippen molar-refractivity contribution in [3.63, 3.8) is 0 Å². The van der Waals surface area contributed by atoms with Crippen LogP contribution in [0.1, 0.15) is 25.3 Å². The van der Waals surface area contributed by atoms with E-state index in [1.807, 2.05) is 6.07 Å². The molecule has 0 spiro atoms. The van der Waals surface area contributed by atoms with Crippen LogP contribution in [0.4, 0.5) is 0 Å². The molecule has 0 radical (unpaired) electrons. The van der Waals surface area contributed by atoms with Gasteiger partial charge >= 0.3 is 0 Å². The zero-order valence-electron chi connectivity index (χ0n) is 10.9. The van der Waals surface area contributed by atoms with Crippen molar-refractivity contribution in [3.8, 4) is 0 Å². The second kappa shape index (κ2) is 6.20. The first-order valence-electron chi connectivity index (χ1n) is 6.60. The van der Waals surface area contributed by atoms with E-state index in [-0.39, 0.29) is 5.41 Å². The Kier molecular flexibility index (Phi) is 4.35. The van der Waals surface area contributed by atoms with E-state index in [1.165, 1.54) is 5.56 Å². The topological polar surface area (TPSA) is 0 Å². The van der Waals surface area contributed by atoms with E-state index in [1.54, 1.807) is 0 Å². The van der Waals surface area contributed by atoms with Gasteiger partial charge in [0.05, 0.1) is 0 Å². The van der Waals surface area contributed by atoms with Gasteiger partial charge in [-0.05, 0) is 18.4 Å². The van der Waals surface area contributed by atoms with E-state index < -0.39 is 0 Å². The predicted molar refractivity (Wildman–Crippen MR) is 80.2 cm³/mol. The molecule has 0 fully saturated rings. The lowest BCUT2D eigenvalue weighted by Gasteiger charge is -2.25. The molecule has 0 aromatic heterocycles. The van der Waals surface area contributed by atoms with Crippen LogP contribution in [0.15, 0.2) is 72.9 Å². The van der Waals surface area contributed by atoms with Crippen LogP contribution in [0.25, 0.3) is 6.08 Å². The van der Waals surface area contributed by atoms with Crippen LogP contribution in [0.2, 0.25) is 0 Å². The summed E-state index contributed by atoms with van der Waals surface area (Å²) >= 11 is 0. The summed E-state index contributed by atoms with van der Waals surface area (Å²) in [5.74, 6) is 0. The molecule has 0 saturated heterocycles. The van der Waals surface area contributed by atoms with Crippen molar-refractivity contribution in [3.05, 3.63) is 78.4 Å². The van der Waals surface area contributed by atoms with E-state index in [2.05, 4.69) is 79.8 Å². The van der Waals surface area contributed by atoms with Crippen molar-refractivity contribution in [2.24, 2.45) is 5.41 Å². The quantitative estimate of drug-likeness (QED) is 0.633. The summed E-state index contributed by atoms with van der Waals surface area (Å²) in [6.45, 7) is 2.24. The molecule has 1 aliphatic rings. The fourth-order valence-electron chi connectivity index (χ4n) is 2.16. The van der Waals surface area contributed by atoms with Crippen LogP contribution < -0.4 is 0 Å². The van der Waals surface area contributed by atoms with Gasteiger partial charge in [0.1, 0.15) is 0 Å². The normalized spacial score (nSPS) is 23.2. The first-order valence-corrected chi connectivity index (χ1v) is 6.60. The Morgan fingerprint density at radius 2 is 1.94 bits per heavy atom. The van der Waals surface area contributed by atoms with Gasteiger partial charge in [-0.25, -0.2) is 0 Å². The second-order valence-electron chi connectivity index (χ2n) is 4.71. The molecule has 18 heavy (non-hydrogen) atoms. The summed E-state index contributed by atoms with van der Waals surface area (Å²) in [6.07, 6.45) is 19.8. The molecule has 92 valence electrons. The highest BCUT2D eigenvalue weighted by Gasteiger charge is 2.20. The van der Waals surface area contributed by atoms with Gasteiger partial charge in [-0.3, -0.25) is 0 Å². The van der Waals surface area contributed by atoms with Crippen LogP contribution >= 0.6 is 0 Å². The Balaban J connectivity index is 2.00. The molecule has 0 saturated carbocycles. The maximum Gasteiger partial charge on any atom is 0.00990 e. The van der Waals surface area contributed by atoms with E-state index in [9.17, 15) is 0 Å². The molecule has 1 aromatic rings. The van der Waals surface area contributed by atoms with Crippen molar-refractivity contribution in [1.82, 2.24) is 0 Å². The number of hydrogen-bond donors (Lipinski definition) is 0. The van der Waals surface area contributed by atoms with E-state index in [4.69, 9.17) is 0 Å². The maximum absolute atomic E-state index is 2.31. The molecule has 0 amide bonds. The average molecular weight is 236 g/mol. The van der Waals surface area contributed by atoms with Crippen molar-refractivity contribution in [1.29, 1.82) is 0 Å². The lowest BCUT2D eigenvalue weighted by Crippen LogP contribution is -2.13. The Morgan fingerprint density at radius 1 is 1.11 bits per heavy atom. The summed E-state index contributed by atoms with van der Waals surface area (Å²) in [7, 11) is 0. The minimum atomic E-state index is 0.218. The lowest BCUT2D eigenvalue weighted by atomic mass is 9.79. The molecule has 0 heteroatoms. The van der Waals surface area contributed by atoms with Crippen molar-refractivity contribution in [2.75, 3.05) is 0 Å². The van der Waals surface area contributed by atoms with Gasteiger partial charge in [0.25, 0.3) is 0 Å². The zero-order chi connectivity index (χ0) is 12.7. The monoisotopic (exact) mass is 236 g/mol. The van der Waals surface area contributed by atoms with Gasteiger partial charge in [0, 0.05) is 5.41 Å². The van der Waals surface area contributed by atoms with Gasteiger partial charge in [-0.2, -0.15) is 0 Å². The summed E-state index contributed by atoms with van der Waals surface area (Å²) < 4.78 is 0. The first-order chi connectivity index (χ1) is 8.85. The second-order valence-corrected chi connectivity index (χ2v) is 4.71. The Hall–Kier alpha value is -1.82. The highest BCUT2D eigenvalue weighted by atomic mass is 14.2. The van der Waals surface area contributed by atoms with Gasteiger partial charge in [-0.15, -0.1) is 0 Å². The minimum Gasteiger partial charge on any atom is -0.0834 e. The fourth-order valence-corrected chi connectivity index (χ4v) is 2.16. The molecule has 0 N–H and O–H groups in total.